The molecular formula is C14H20ClN2O+. The first-order valence-corrected chi connectivity index (χ1v) is 6.97. The van der Waals surface area contributed by atoms with Gasteiger partial charge in [0, 0.05) is 12.8 Å². The summed E-state index contributed by atoms with van der Waals surface area (Å²) < 4.78 is 0. The van der Waals surface area contributed by atoms with Gasteiger partial charge in [-0.25, -0.2) is 0 Å². The second-order valence-corrected chi connectivity index (χ2v) is 5.20. The molecule has 0 radical (unpaired) electrons. The molecule has 0 aromatic heterocycles. The van der Waals surface area contributed by atoms with Gasteiger partial charge >= 0.3 is 0 Å². The molecule has 2 N–H and O–H groups in total. The van der Waals surface area contributed by atoms with Gasteiger partial charge in [-0.1, -0.05) is 23.7 Å². The maximum absolute atomic E-state index is 12.0. The van der Waals surface area contributed by atoms with Gasteiger partial charge in [-0.3, -0.25) is 4.79 Å². The first kappa shape index (κ1) is 13.4. The van der Waals surface area contributed by atoms with Crippen molar-refractivity contribution >= 4 is 17.5 Å². The molecule has 1 aliphatic heterocycles. The van der Waals surface area contributed by atoms with Crippen LogP contribution in [-0.4, -0.2) is 31.6 Å². The van der Waals surface area contributed by atoms with E-state index in [2.05, 4.69) is 12.2 Å². The van der Waals surface area contributed by atoms with Crippen LogP contribution in [0.5, 0.6) is 0 Å². The van der Waals surface area contributed by atoms with Crippen LogP contribution in [0.25, 0.3) is 0 Å². The third-order valence-electron chi connectivity index (χ3n) is 3.71. The quantitative estimate of drug-likeness (QED) is 0.843. The maximum Gasteiger partial charge on any atom is 0.253 e. The molecule has 0 saturated carbocycles. The van der Waals surface area contributed by atoms with Crippen molar-refractivity contribution in [2.45, 2.75) is 25.8 Å². The van der Waals surface area contributed by atoms with E-state index < -0.39 is 0 Å². The summed E-state index contributed by atoms with van der Waals surface area (Å²) in [4.78, 5) is 13.6. The lowest BCUT2D eigenvalue weighted by Crippen LogP contribution is -3.14. The highest BCUT2D eigenvalue weighted by Crippen LogP contribution is 2.14. The van der Waals surface area contributed by atoms with E-state index in [0.717, 1.165) is 13.1 Å². The molecule has 1 aromatic rings. The smallest absolute Gasteiger partial charge is 0.253 e. The minimum Gasteiger partial charge on any atom is -0.346 e. The lowest BCUT2D eigenvalue weighted by atomic mass is 10.2. The van der Waals surface area contributed by atoms with Crippen LogP contribution in [0, 0.1) is 0 Å². The number of likely N-dealkylation sites (tertiary alicyclic amines) is 1. The van der Waals surface area contributed by atoms with Gasteiger partial charge in [0.2, 0.25) is 0 Å². The Morgan fingerprint density at radius 3 is 3.00 bits per heavy atom. The molecule has 1 fully saturated rings. The van der Waals surface area contributed by atoms with Crippen molar-refractivity contribution in [3.63, 3.8) is 0 Å². The number of quaternary nitrogens is 1. The first-order valence-electron chi connectivity index (χ1n) is 6.59. The van der Waals surface area contributed by atoms with Crippen LogP contribution in [-0.2, 0) is 0 Å². The zero-order valence-electron chi connectivity index (χ0n) is 10.7. The third kappa shape index (κ3) is 3.03. The Bertz CT molecular complexity index is 422. The lowest BCUT2D eigenvalue weighted by molar-refractivity contribution is -0.909. The van der Waals surface area contributed by atoms with Gasteiger partial charge in [0.15, 0.2) is 0 Å². The maximum atomic E-state index is 12.0. The normalized spacial score (nSPS) is 23.0. The van der Waals surface area contributed by atoms with Gasteiger partial charge in [0.25, 0.3) is 5.91 Å². The minimum absolute atomic E-state index is 0.0667. The summed E-state index contributed by atoms with van der Waals surface area (Å²) in [6, 6.07) is 7.73. The van der Waals surface area contributed by atoms with Crippen molar-refractivity contribution in [3.05, 3.63) is 34.9 Å². The van der Waals surface area contributed by atoms with Gasteiger partial charge in [0.05, 0.1) is 30.2 Å². The fraction of sp³-hybridized carbons (Fsp3) is 0.500. The van der Waals surface area contributed by atoms with E-state index in [-0.39, 0.29) is 5.91 Å². The number of rotatable bonds is 4. The standard InChI is InChI=1S/C14H19ClN2O/c1-2-17-9-5-6-11(17)10-16-14(18)12-7-3-4-8-13(12)15/h3-4,7-8,11H,2,5-6,9-10H2,1H3,(H,16,18)/p+1/t11-/m1/s1. The van der Waals surface area contributed by atoms with Crippen molar-refractivity contribution in [1.82, 2.24) is 5.32 Å². The highest BCUT2D eigenvalue weighted by molar-refractivity contribution is 6.33. The molecule has 2 rings (SSSR count). The molecule has 1 aromatic carbocycles. The minimum atomic E-state index is -0.0667. The Hall–Kier alpha value is -1.06. The molecule has 0 spiro atoms. The molecule has 98 valence electrons. The number of likely N-dealkylation sites (N-methyl/N-ethyl adjacent to an activating group) is 1. The molecule has 0 bridgehead atoms. The molecule has 1 amide bonds. The van der Waals surface area contributed by atoms with Gasteiger partial charge in [0.1, 0.15) is 6.04 Å². The molecule has 18 heavy (non-hydrogen) atoms. The highest BCUT2D eigenvalue weighted by atomic mass is 35.5. The van der Waals surface area contributed by atoms with Gasteiger partial charge in [-0.2, -0.15) is 0 Å². The fourth-order valence-corrected chi connectivity index (χ4v) is 2.87. The molecule has 1 unspecified atom stereocenters. The molecule has 0 aliphatic carbocycles. The Morgan fingerprint density at radius 2 is 2.28 bits per heavy atom. The SMILES string of the molecule is CC[NH+]1CCC[C@@H]1CNC(=O)c1ccccc1Cl. The summed E-state index contributed by atoms with van der Waals surface area (Å²) in [5.41, 5.74) is 0.565. The van der Waals surface area contributed by atoms with Crippen LogP contribution < -0.4 is 10.2 Å². The number of hydrogen-bond donors (Lipinski definition) is 2. The number of nitrogens with one attached hydrogen (secondary N) is 2. The van der Waals surface area contributed by atoms with Crippen LogP contribution in [0.2, 0.25) is 5.02 Å². The van der Waals surface area contributed by atoms with E-state index in [1.165, 1.54) is 19.4 Å². The van der Waals surface area contributed by atoms with E-state index in [0.29, 0.717) is 16.6 Å². The Labute approximate surface area is 113 Å². The molecule has 3 nitrogen and oxygen atoms in total. The van der Waals surface area contributed by atoms with Crippen LogP contribution in [0.4, 0.5) is 0 Å². The molecule has 1 saturated heterocycles. The fourth-order valence-electron chi connectivity index (χ4n) is 2.65. The molecular weight excluding hydrogens is 248 g/mol. The molecule has 1 aliphatic rings. The Kier molecular flexibility index (Phi) is 4.61. The van der Waals surface area contributed by atoms with E-state index in [4.69, 9.17) is 11.6 Å². The van der Waals surface area contributed by atoms with Gasteiger partial charge in [-0.05, 0) is 19.1 Å². The summed E-state index contributed by atoms with van der Waals surface area (Å²) in [6.07, 6.45) is 2.46. The average Bonchev–Trinajstić information content (AvgIpc) is 2.84. The molecule has 4 heteroatoms. The highest BCUT2D eigenvalue weighted by Gasteiger charge is 2.27. The predicted molar refractivity (Wildman–Crippen MR) is 73.2 cm³/mol. The molecule has 2 atom stereocenters. The summed E-state index contributed by atoms with van der Waals surface area (Å²) in [6.45, 7) is 5.30. The Morgan fingerprint density at radius 1 is 1.50 bits per heavy atom. The summed E-state index contributed by atoms with van der Waals surface area (Å²) >= 11 is 6.00. The lowest BCUT2D eigenvalue weighted by Gasteiger charge is -2.20. The monoisotopic (exact) mass is 267 g/mol. The van der Waals surface area contributed by atoms with E-state index in [9.17, 15) is 4.79 Å². The number of carbonyl (C=O) groups excluding carboxylic acids is 1. The second kappa shape index (κ2) is 6.21. The van der Waals surface area contributed by atoms with Gasteiger partial charge in [-0.15, -0.1) is 0 Å². The first-order chi connectivity index (χ1) is 8.72. The number of hydrogen-bond acceptors (Lipinski definition) is 1. The Balaban J connectivity index is 1.91. The van der Waals surface area contributed by atoms with Crippen molar-refractivity contribution in [2.24, 2.45) is 0 Å². The van der Waals surface area contributed by atoms with Crippen LogP contribution in [0.3, 0.4) is 0 Å². The largest absolute Gasteiger partial charge is 0.346 e. The van der Waals surface area contributed by atoms with Crippen LogP contribution >= 0.6 is 11.6 Å². The van der Waals surface area contributed by atoms with Crippen LogP contribution in [0.1, 0.15) is 30.1 Å². The second-order valence-electron chi connectivity index (χ2n) is 4.79. The zero-order chi connectivity index (χ0) is 13.0. The summed E-state index contributed by atoms with van der Waals surface area (Å²) in [7, 11) is 0. The summed E-state index contributed by atoms with van der Waals surface area (Å²) in [5, 5.41) is 3.52. The topological polar surface area (TPSA) is 33.5 Å². The van der Waals surface area contributed by atoms with Crippen molar-refractivity contribution in [2.75, 3.05) is 19.6 Å². The van der Waals surface area contributed by atoms with E-state index in [1.807, 2.05) is 12.1 Å². The van der Waals surface area contributed by atoms with Crippen molar-refractivity contribution < 1.29 is 9.69 Å². The predicted octanol–water partition coefficient (Wildman–Crippen LogP) is 1.14. The number of benzene rings is 1. The number of amides is 1. The number of carbonyl (C=O) groups is 1. The van der Waals surface area contributed by atoms with Crippen molar-refractivity contribution in [3.8, 4) is 0 Å². The van der Waals surface area contributed by atoms with Crippen molar-refractivity contribution in [1.29, 1.82) is 0 Å². The van der Waals surface area contributed by atoms with Gasteiger partial charge < -0.3 is 10.2 Å². The zero-order valence-corrected chi connectivity index (χ0v) is 11.5. The summed E-state index contributed by atoms with van der Waals surface area (Å²) in [5.74, 6) is -0.0667. The number of halogens is 1. The van der Waals surface area contributed by atoms with E-state index >= 15 is 0 Å². The average molecular weight is 268 g/mol. The van der Waals surface area contributed by atoms with Crippen LogP contribution in [0.15, 0.2) is 24.3 Å². The third-order valence-corrected chi connectivity index (χ3v) is 4.04. The molecule has 1 heterocycles. The van der Waals surface area contributed by atoms with E-state index in [1.54, 1.807) is 17.0 Å².